The Balaban J connectivity index is 1.64. The maximum atomic E-state index is 13.3. The van der Waals surface area contributed by atoms with Crippen LogP contribution < -0.4 is 16.0 Å². The lowest BCUT2D eigenvalue weighted by Crippen LogP contribution is -2.56. The first-order valence-corrected chi connectivity index (χ1v) is 13.7. The molecule has 0 spiro atoms. The van der Waals surface area contributed by atoms with Gasteiger partial charge in [-0.05, 0) is 48.4 Å². The second-order valence-electron chi connectivity index (χ2n) is 10.6. The summed E-state index contributed by atoms with van der Waals surface area (Å²) in [7, 11) is 0. The fourth-order valence-electron chi connectivity index (χ4n) is 4.74. The molecule has 3 rings (SSSR count). The van der Waals surface area contributed by atoms with E-state index in [1.807, 2.05) is 44.2 Å². The molecule has 0 saturated carbocycles. The number of nitrogens with zero attached hydrogens (tertiary/aromatic N) is 1. The largest absolute Gasteiger partial charge is 0.480 e. The van der Waals surface area contributed by atoms with E-state index in [0.717, 1.165) is 5.56 Å². The molecule has 11 heteroatoms. The summed E-state index contributed by atoms with van der Waals surface area (Å²) in [6, 6.07) is 13.2. The lowest BCUT2D eigenvalue weighted by Gasteiger charge is -2.29. The van der Waals surface area contributed by atoms with Gasteiger partial charge in [-0.2, -0.15) is 0 Å². The fourth-order valence-corrected chi connectivity index (χ4v) is 4.74. The van der Waals surface area contributed by atoms with E-state index in [9.17, 15) is 29.1 Å². The van der Waals surface area contributed by atoms with Gasteiger partial charge in [0.15, 0.2) is 0 Å². The number of aliphatic carboxylic acids is 1. The zero-order valence-electron chi connectivity index (χ0n) is 23.6. The van der Waals surface area contributed by atoms with Crippen molar-refractivity contribution in [3.8, 4) is 0 Å². The molecule has 3 atom stereocenters. The van der Waals surface area contributed by atoms with Crippen molar-refractivity contribution in [2.24, 2.45) is 5.92 Å². The topological polar surface area (TPSA) is 154 Å². The highest BCUT2D eigenvalue weighted by molar-refractivity contribution is 5.93. The van der Waals surface area contributed by atoms with Gasteiger partial charge in [-0.25, -0.2) is 9.59 Å². The van der Waals surface area contributed by atoms with Crippen molar-refractivity contribution in [1.82, 2.24) is 15.5 Å². The van der Waals surface area contributed by atoms with E-state index in [1.165, 1.54) is 11.8 Å². The Kier molecular flexibility index (Phi) is 11.3. The van der Waals surface area contributed by atoms with Gasteiger partial charge in [0.1, 0.15) is 24.7 Å². The minimum absolute atomic E-state index is 0.0498. The number of benzene rings is 2. The first kappa shape index (κ1) is 31.1. The molecule has 1 heterocycles. The number of nitrogens with one attached hydrogen (secondary N) is 3. The molecule has 1 fully saturated rings. The Labute approximate surface area is 239 Å². The van der Waals surface area contributed by atoms with Gasteiger partial charge >= 0.3 is 12.1 Å². The summed E-state index contributed by atoms with van der Waals surface area (Å²) >= 11 is 0. The first-order chi connectivity index (χ1) is 19.5. The van der Waals surface area contributed by atoms with Gasteiger partial charge in [0.25, 0.3) is 0 Å². The van der Waals surface area contributed by atoms with Crippen LogP contribution in [0.4, 0.5) is 10.5 Å². The molecular formula is C30H38N4O7. The number of rotatable bonds is 12. The highest BCUT2D eigenvalue weighted by atomic mass is 16.5. The average molecular weight is 567 g/mol. The van der Waals surface area contributed by atoms with Crippen molar-refractivity contribution in [2.45, 2.75) is 71.2 Å². The summed E-state index contributed by atoms with van der Waals surface area (Å²) in [6.45, 7) is 5.56. The highest BCUT2D eigenvalue weighted by Gasteiger charge is 2.38. The predicted molar refractivity (Wildman–Crippen MR) is 152 cm³/mol. The van der Waals surface area contributed by atoms with Crippen molar-refractivity contribution in [3.05, 3.63) is 65.7 Å². The van der Waals surface area contributed by atoms with Crippen LogP contribution in [-0.4, -0.2) is 64.5 Å². The molecule has 2 aromatic carbocycles. The monoisotopic (exact) mass is 566 g/mol. The molecule has 2 aromatic rings. The van der Waals surface area contributed by atoms with Crippen LogP contribution in [0, 0.1) is 5.92 Å². The molecule has 4 N–H and O–H groups in total. The Hall–Kier alpha value is -4.41. The van der Waals surface area contributed by atoms with Crippen LogP contribution in [0.15, 0.2) is 54.6 Å². The van der Waals surface area contributed by atoms with Crippen molar-refractivity contribution < 1.29 is 33.8 Å². The van der Waals surface area contributed by atoms with Gasteiger partial charge in [0.2, 0.25) is 17.7 Å². The summed E-state index contributed by atoms with van der Waals surface area (Å²) in [5.74, 6) is -2.41. The molecule has 0 aliphatic carbocycles. The quantitative estimate of drug-likeness (QED) is 0.308. The lowest BCUT2D eigenvalue weighted by molar-refractivity contribution is -0.149. The molecule has 1 aliphatic heterocycles. The average Bonchev–Trinajstić information content (AvgIpc) is 3.42. The summed E-state index contributed by atoms with van der Waals surface area (Å²) in [5.41, 5.74) is 2.06. The van der Waals surface area contributed by atoms with Crippen LogP contribution in [-0.2, 0) is 36.9 Å². The SMILES string of the molecule is CC(=O)N[C@@H](Cc1ccc(NC(=O)OCc2ccccc2)cc1)C(=O)N[C@@H](CC(C)C)C(=O)N1CCC[C@H]1C(=O)O. The number of carbonyl (C=O) groups excluding carboxylic acids is 4. The van der Waals surface area contributed by atoms with Crippen molar-refractivity contribution in [3.63, 3.8) is 0 Å². The highest BCUT2D eigenvalue weighted by Crippen LogP contribution is 2.21. The first-order valence-electron chi connectivity index (χ1n) is 13.7. The summed E-state index contributed by atoms with van der Waals surface area (Å²) in [6.07, 6.45) is 0.791. The Morgan fingerprint density at radius 3 is 2.24 bits per heavy atom. The number of likely N-dealkylation sites (tertiary alicyclic amines) is 1. The predicted octanol–water partition coefficient (Wildman–Crippen LogP) is 3.09. The summed E-state index contributed by atoms with van der Waals surface area (Å²) in [4.78, 5) is 63.6. The zero-order chi connectivity index (χ0) is 29.9. The smallest absolute Gasteiger partial charge is 0.411 e. The minimum atomic E-state index is -1.07. The Bertz CT molecular complexity index is 1220. The van der Waals surface area contributed by atoms with E-state index in [4.69, 9.17) is 4.74 Å². The molecule has 1 saturated heterocycles. The fraction of sp³-hybridized carbons (Fsp3) is 0.433. The van der Waals surface area contributed by atoms with Gasteiger partial charge in [0.05, 0.1) is 0 Å². The Morgan fingerprint density at radius 1 is 0.951 bits per heavy atom. The number of carboxylic acid groups (broad SMARTS) is 1. The van der Waals surface area contributed by atoms with E-state index < -0.39 is 47.9 Å². The standard InChI is InChI=1S/C30H38N4O7/c1-19(2)16-25(28(37)34-15-7-10-26(34)29(38)39)33-27(36)24(31-20(3)35)17-21-11-13-23(14-12-21)32-30(40)41-18-22-8-5-4-6-9-22/h4-6,8-9,11-14,19,24-26H,7,10,15-18H2,1-3H3,(H,31,35)(H,32,40)(H,33,36)(H,38,39)/t24-,25-,26-/m0/s1. The maximum Gasteiger partial charge on any atom is 0.411 e. The number of anilines is 1. The van der Waals surface area contributed by atoms with E-state index >= 15 is 0 Å². The third kappa shape index (κ3) is 9.63. The maximum absolute atomic E-state index is 13.3. The van der Waals surface area contributed by atoms with Crippen molar-refractivity contribution in [1.29, 1.82) is 0 Å². The third-order valence-corrected chi connectivity index (χ3v) is 6.69. The number of carboxylic acids is 1. The van der Waals surface area contributed by atoms with Gasteiger partial charge in [-0.3, -0.25) is 19.7 Å². The van der Waals surface area contributed by atoms with Gasteiger partial charge in [-0.15, -0.1) is 0 Å². The number of hydrogen-bond acceptors (Lipinski definition) is 6. The van der Waals surface area contributed by atoms with Crippen LogP contribution in [0.1, 0.15) is 51.2 Å². The Morgan fingerprint density at radius 2 is 1.63 bits per heavy atom. The lowest BCUT2D eigenvalue weighted by atomic mass is 10.00. The van der Waals surface area contributed by atoms with Crippen LogP contribution in [0.25, 0.3) is 0 Å². The minimum Gasteiger partial charge on any atom is -0.480 e. The molecule has 4 amide bonds. The van der Waals surface area contributed by atoms with Crippen molar-refractivity contribution >= 4 is 35.5 Å². The summed E-state index contributed by atoms with van der Waals surface area (Å²) < 4.78 is 5.23. The van der Waals surface area contributed by atoms with Gasteiger partial charge in [0, 0.05) is 25.6 Å². The number of amides is 4. The molecule has 0 unspecified atom stereocenters. The van der Waals surface area contributed by atoms with Crippen molar-refractivity contribution in [2.75, 3.05) is 11.9 Å². The zero-order valence-corrected chi connectivity index (χ0v) is 23.6. The van der Waals surface area contributed by atoms with E-state index in [-0.39, 0.29) is 18.9 Å². The van der Waals surface area contributed by atoms with E-state index in [1.54, 1.807) is 24.3 Å². The number of hydrogen-bond donors (Lipinski definition) is 4. The molecule has 11 nitrogen and oxygen atoms in total. The van der Waals surface area contributed by atoms with Gasteiger partial charge < -0.3 is 25.4 Å². The van der Waals surface area contributed by atoms with Crippen LogP contribution in [0.3, 0.4) is 0 Å². The van der Waals surface area contributed by atoms with Gasteiger partial charge in [-0.1, -0.05) is 56.3 Å². The molecular weight excluding hydrogens is 528 g/mol. The molecule has 1 aliphatic rings. The third-order valence-electron chi connectivity index (χ3n) is 6.69. The second-order valence-corrected chi connectivity index (χ2v) is 10.6. The molecule has 41 heavy (non-hydrogen) atoms. The molecule has 0 bridgehead atoms. The normalized spacial score (nSPS) is 16.0. The van der Waals surface area contributed by atoms with Crippen LogP contribution >= 0.6 is 0 Å². The van der Waals surface area contributed by atoms with E-state index in [0.29, 0.717) is 37.1 Å². The molecule has 220 valence electrons. The van der Waals surface area contributed by atoms with Crippen LogP contribution in [0.5, 0.6) is 0 Å². The van der Waals surface area contributed by atoms with E-state index in [2.05, 4.69) is 16.0 Å². The second kappa shape index (κ2) is 14.8. The number of ether oxygens (including phenoxy) is 1. The van der Waals surface area contributed by atoms with Crippen LogP contribution in [0.2, 0.25) is 0 Å². The molecule has 0 aromatic heterocycles. The molecule has 0 radical (unpaired) electrons. The summed E-state index contributed by atoms with van der Waals surface area (Å²) in [5, 5.41) is 17.6. The number of carbonyl (C=O) groups is 5.